The van der Waals surface area contributed by atoms with Gasteiger partial charge in [-0.2, -0.15) is 0 Å². The molecule has 0 aromatic heterocycles. The Kier molecular flexibility index (Phi) is 4.17. The summed E-state index contributed by atoms with van der Waals surface area (Å²) in [6, 6.07) is 8.18. The smallest absolute Gasteiger partial charge is 0.0976 e. The van der Waals surface area contributed by atoms with Crippen LogP contribution in [0, 0.1) is 0 Å². The van der Waals surface area contributed by atoms with Gasteiger partial charge >= 0.3 is 0 Å². The van der Waals surface area contributed by atoms with Crippen LogP contribution < -0.4 is 0 Å². The largest absolute Gasteiger partial charge is 0.393 e. The van der Waals surface area contributed by atoms with Crippen molar-refractivity contribution in [2.45, 2.75) is 31.2 Å². The van der Waals surface area contributed by atoms with Crippen LogP contribution in [-0.4, -0.2) is 24.9 Å². The molecule has 1 aliphatic rings. The molecular formula is C15H20O3. The molecule has 1 fully saturated rings. The molecule has 0 amide bonds. The quantitative estimate of drug-likeness (QED) is 0.620. The van der Waals surface area contributed by atoms with Gasteiger partial charge in [0.25, 0.3) is 0 Å². The van der Waals surface area contributed by atoms with Crippen molar-refractivity contribution >= 4 is 0 Å². The fourth-order valence-corrected chi connectivity index (χ4v) is 2.43. The van der Waals surface area contributed by atoms with E-state index in [1.54, 1.807) is 13.2 Å². The van der Waals surface area contributed by atoms with Gasteiger partial charge < -0.3 is 14.6 Å². The van der Waals surface area contributed by atoms with Gasteiger partial charge in [-0.05, 0) is 11.1 Å². The highest BCUT2D eigenvalue weighted by molar-refractivity contribution is 5.30. The van der Waals surface area contributed by atoms with Crippen LogP contribution in [-0.2, 0) is 21.7 Å². The number of methoxy groups -OCH3 is 1. The van der Waals surface area contributed by atoms with E-state index in [4.69, 9.17) is 9.47 Å². The van der Waals surface area contributed by atoms with Gasteiger partial charge in [-0.3, -0.25) is 0 Å². The van der Waals surface area contributed by atoms with Crippen LogP contribution in [0.15, 0.2) is 36.9 Å². The molecule has 18 heavy (non-hydrogen) atoms. The van der Waals surface area contributed by atoms with Crippen LogP contribution >= 0.6 is 0 Å². The number of ether oxygens (including phenoxy) is 2. The highest BCUT2D eigenvalue weighted by Gasteiger charge is 2.45. The van der Waals surface area contributed by atoms with Crippen molar-refractivity contribution in [3.63, 3.8) is 0 Å². The molecule has 1 aromatic rings. The van der Waals surface area contributed by atoms with Crippen molar-refractivity contribution in [3.8, 4) is 0 Å². The Morgan fingerprint density at radius 1 is 1.50 bits per heavy atom. The van der Waals surface area contributed by atoms with E-state index in [1.807, 2.05) is 18.2 Å². The number of hydrogen-bond donors (Lipinski definition) is 1. The van der Waals surface area contributed by atoms with Crippen molar-refractivity contribution in [1.82, 2.24) is 0 Å². The van der Waals surface area contributed by atoms with Crippen LogP contribution in [0.2, 0.25) is 0 Å². The highest BCUT2D eigenvalue weighted by atomic mass is 16.5. The number of rotatable bonds is 6. The topological polar surface area (TPSA) is 38.7 Å². The summed E-state index contributed by atoms with van der Waals surface area (Å²) in [5.41, 5.74) is 1.93. The number of aliphatic hydroxyl groups is 1. The summed E-state index contributed by atoms with van der Waals surface area (Å²) in [6.07, 6.45) is 2.83. The van der Waals surface area contributed by atoms with Gasteiger partial charge in [0.15, 0.2) is 0 Å². The minimum Gasteiger partial charge on any atom is -0.393 e. The van der Waals surface area contributed by atoms with E-state index in [9.17, 15) is 5.11 Å². The zero-order valence-corrected chi connectivity index (χ0v) is 10.8. The Labute approximate surface area is 108 Å². The van der Waals surface area contributed by atoms with Crippen molar-refractivity contribution < 1.29 is 14.6 Å². The zero-order chi connectivity index (χ0) is 13.0. The molecule has 0 radical (unpaired) electrons. The van der Waals surface area contributed by atoms with E-state index in [-0.39, 0.29) is 11.7 Å². The summed E-state index contributed by atoms with van der Waals surface area (Å²) < 4.78 is 11.0. The van der Waals surface area contributed by atoms with E-state index in [1.165, 1.54) is 0 Å². The number of benzene rings is 1. The van der Waals surface area contributed by atoms with E-state index in [0.717, 1.165) is 11.1 Å². The predicted octanol–water partition coefficient (Wildman–Crippen LogP) is 2.39. The third-order valence-electron chi connectivity index (χ3n) is 3.48. The second-order valence-electron chi connectivity index (χ2n) is 4.76. The average molecular weight is 248 g/mol. The Hall–Kier alpha value is -1.16. The average Bonchev–Trinajstić information content (AvgIpc) is 2.35. The molecule has 0 atom stereocenters. The second-order valence-corrected chi connectivity index (χ2v) is 4.76. The lowest BCUT2D eigenvalue weighted by Gasteiger charge is -2.44. The van der Waals surface area contributed by atoms with Crippen molar-refractivity contribution in [1.29, 1.82) is 0 Å². The molecule has 0 saturated heterocycles. The van der Waals surface area contributed by atoms with Gasteiger partial charge in [0.2, 0.25) is 0 Å². The Morgan fingerprint density at radius 2 is 2.28 bits per heavy atom. The Balaban J connectivity index is 2.09. The van der Waals surface area contributed by atoms with Crippen molar-refractivity contribution in [3.05, 3.63) is 48.0 Å². The maximum absolute atomic E-state index is 9.50. The van der Waals surface area contributed by atoms with Crippen molar-refractivity contribution in [2.24, 2.45) is 0 Å². The maximum atomic E-state index is 9.50. The molecule has 3 nitrogen and oxygen atoms in total. The summed E-state index contributed by atoms with van der Waals surface area (Å²) in [6.45, 7) is 4.75. The zero-order valence-electron chi connectivity index (χ0n) is 10.8. The number of aliphatic hydroxyl groups excluding tert-OH is 1. The maximum Gasteiger partial charge on any atom is 0.0976 e. The minimum atomic E-state index is -0.312. The molecule has 1 saturated carbocycles. The predicted molar refractivity (Wildman–Crippen MR) is 70.2 cm³/mol. The van der Waals surface area contributed by atoms with E-state index >= 15 is 0 Å². The first-order valence-corrected chi connectivity index (χ1v) is 6.21. The van der Waals surface area contributed by atoms with E-state index < -0.39 is 0 Å². The summed E-state index contributed by atoms with van der Waals surface area (Å²) in [4.78, 5) is 0. The fourth-order valence-electron chi connectivity index (χ4n) is 2.43. The van der Waals surface area contributed by atoms with E-state index in [0.29, 0.717) is 26.1 Å². The molecule has 0 spiro atoms. The first kappa shape index (κ1) is 13.3. The first-order valence-electron chi connectivity index (χ1n) is 6.21. The van der Waals surface area contributed by atoms with Gasteiger partial charge in [-0.1, -0.05) is 30.3 Å². The molecule has 1 N–H and O–H groups in total. The van der Waals surface area contributed by atoms with Crippen LogP contribution in [0.1, 0.15) is 24.0 Å². The third kappa shape index (κ3) is 2.64. The molecule has 2 rings (SSSR count). The first-order chi connectivity index (χ1) is 8.70. The third-order valence-corrected chi connectivity index (χ3v) is 3.48. The lowest BCUT2D eigenvalue weighted by Crippen LogP contribution is -2.46. The van der Waals surface area contributed by atoms with Gasteiger partial charge in [-0.15, -0.1) is 6.58 Å². The SMILES string of the molecule is C=CCOCc1cccc([C@]2(OC)C[C@H](O)C2)c1. The molecule has 0 aliphatic heterocycles. The monoisotopic (exact) mass is 248 g/mol. The molecule has 1 aliphatic carbocycles. The Morgan fingerprint density at radius 3 is 2.89 bits per heavy atom. The van der Waals surface area contributed by atoms with Crippen LogP contribution in [0.4, 0.5) is 0 Å². The number of hydrogen-bond acceptors (Lipinski definition) is 3. The lowest BCUT2D eigenvalue weighted by molar-refractivity contribution is -0.143. The molecular weight excluding hydrogens is 228 g/mol. The molecule has 0 heterocycles. The summed E-state index contributed by atoms with van der Waals surface area (Å²) in [7, 11) is 1.70. The molecule has 98 valence electrons. The highest BCUT2D eigenvalue weighted by Crippen LogP contribution is 2.44. The van der Waals surface area contributed by atoms with Gasteiger partial charge in [0.1, 0.15) is 0 Å². The standard InChI is InChI=1S/C15H20O3/c1-3-7-18-11-12-5-4-6-13(8-12)15(17-2)9-14(16)10-15/h3-6,8,14,16H,1,7,9-11H2,2H3/t14-,15-. The summed E-state index contributed by atoms with van der Waals surface area (Å²) >= 11 is 0. The molecule has 3 heteroatoms. The lowest BCUT2D eigenvalue weighted by atomic mass is 9.72. The molecule has 0 bridgehead atoms. The fraction of sp³-hybridized carbons (Fsp3) is 0.467. The van der Waals surface area contributed by atoms with Crippen molar-refractivity contribution in [2.75, 3.05) is 13.7 Å². The Bertz CT molecular complexity index is 408. The summed E-state index contributed by atoms with van der Waals surface area (Å²) in [5.74, 6) is 0. The second kappa shape index (κ2) is 5.65. The van der Waals surface area contributed by atoms with Crippen LogP contribution in [0.3, 0.4) is 0 Å². The van der Waals surface area contributed by atoms with Crippen LogP contribution in [0.5, 0.6) is 0 Å². The molecule has 1 aromatic carbocycles. The minimum absolute atomic E-state index is 0.245. The normalized spacial score (nSPS) is 26.7. The molecule has 0 unspecified atom stereocenters. The van der Waals surface area contributed by atoms with Gasteiger partial charge in [-0.25, -0.2) is 0 Å². The van der Waals surface area contributed by atoms with Gasteiger partial charge in [0, 0.05) is 20.0 Å². The van der Waals surface area contributed by atoms with Crippen LogP contribution in [0.25, 0.3) is 0 Å². The van der Waals surface area contributed by atoms with E-state index in [2.05, 4.69) is 12.6 Å². The summed E-state index contributed by atoms with van der Waals surface area (Å²) in [5, 5.41) is 9.50. The van der Waals surface area contributed by atoms with Gasteiger partial charge in [0.05, 0.1) is 24.9 Å².